The fourth-order valence-corrected chi connectivity index (χ4v) is 3.13. The maximum Gasteiger partial charge on any atom is 0.434 e. The van der Waals surface area contributed by atoms with Crippen molar-refractivity contribution in [3.63, 3.8) is 0 Å². The van der Waals surface area contributed by atoms with Crippen LogP contribution in [0.1, 0.15) is 54.8 Å². The van der Waals surface area contributed by atoms with Gasteiger partial charge in [-0.1, -0.05) is 19.0 Å². The van der Waals surface area contributed by atoms with Crippen molar-refractivity contribution in [1.82, 2.24) is 20.8 Å². The molecule has 0 radical (unpaired) electrons. The molecule has 26 heavy (non-hydrogen) atoms. The minimum Gasteiger partial charge on any atom is -0.359 e. The molecule has 2 heterocycles. The van der Waals surface area contributed by atoms with E-state index in [0.29, 0.717) is 29.2 Å². The van der Waals surface area contributed by atoms with E-state index in [1.54, 1.807) is 7.05 Å². The number of rotatable bonds is 7. The highest BCUT2D eigenvalue weighted by Gasteiger charge is 2.33. The second kappa shape index (κ2) is 9.02. The zero-order valence-electron chi connectivity index (χ0n) is 14.9. The molecule has 2 rings (SSSR count). The van der Waals surface area contributed by atoms with Crippen LogP contribution < -0.4 is 10.6 Å². The van der Waals surface area contributed by atoms with Crippen molar-refractivity contribution in [3.05, 3.63) is 33.6 Å². The molecule has 0 aliphatic carbocycles. The van der Waals surface area contributed by atoms with E-state index in [-0.39, 0.29) is 6.54 Å². The quantitative estimate of drug-likeness (QED) is 0.555. The Morgan fingerprint density at radius 3 is 2.54 bits per heavy atom. The van der Waals surface area contributed by atoms with Gasteiger partial charge in [0.25, 0.3) is 0 Å². The molecule has 0 saturated carbocycles. The first kappa shape index (κ1) is 20.2. The summed E-state index contributed by atoms with van der Waals surface area (Å²) in [6, 6.07) is 1.91. The summed E-state index contributed by atoms with van der Waals surface area (Å²) in [6.45, 7) is 4.74. The van der Waals surface area contributed by atoms with Crippen molar-refractivity contribution in [3.8, 4) is 0 Å². The molecule has 2 N–H and O–H groups in total. The molecule has 0 atom stereocenters. The Balaban J connectivity index is 1.85. The first-order chi connectivity index (χ1) is 12.4. The third kappa shape index (κ3) is 5.45. The van der Waals surface area contributed by atoms with Crippen molar-refractivity contribution in [2.24, 2.45) is 4.99 Å². The lowest BCUT2D eigenvalue weighted by Gasteiger charge is -2.09. The van der Waals surface area contributed by atoms with E-state index in [1.807, 2.05) is 6.07 Å². The summed E-state index contributed by atoms with van der Waals surface area (Å²) >= 11 is 0.950. The Morgan fingerprint density at radius 1 is 1.27 bits per heavy atom. The fourth-order valence-electron chi connectivity index (χ4n) is 2.38. The third-order valence-electron chi connectivity index (χ3n) is 3.88. The standard InChI is InChI=1S/C16H22F3N5OS/c1-4-10(5-2)12-6-11(25-24-12)7-21-15(20-3)22-8-14-23-13(9-26-14)16(17,18)19/h6,9-10H,4-5,7-8H2,1-3H3,(H2,20,21,22). The predicted molar refractivity (Wildman–Crippen MR) is 94.0 cm³/mol. The lowest BCUT2D eigenvalue weighted by Crippen LogP contribution is -2.36. The van der Waals surface area contributed by atoms with Crippen LogP contribution in [-0.2, 0) is 19.3 Å². The second-order valence-electron chi connectivity index (χ2n) is 5.64. The lowest BCUT2D eigenvalue weighted by atomic mass is 9.99. The Hall–Kier alpha value is -2.10. The molecular formula is C16H22F3N5OS. The van der Waals surface area contributed by atoms with E-state index in [1.165, 1.54) is 0 Å². The molecule has 0 aliphatic heterocycles. The summed E-state index contributed by atoms with van der Waals surface area (Å²) in [5, 5.41) is 11.4. The molecule has 2 aromatic rings. The van der Waals surface area contributed by atoms with Crippen LogP contribution in [0, 0.1) is 0 Å². The van der Waals surface area contributed by atoms with Crippen LogP contribution in [0.3, 0.4) is 0 Å². The van der Waals surface area contributed by atoms with Gasteiger partial charge in [0.05, 0.1) is 18.8 Å². The SMILES string of the molecule is CCC(CC)c1cc(CNC(=NC)NCc2nc(C(F)(F)F)cs2)on1. The van der Waals surface area contributed by atoms with Gasteiger partial charge in [0, 0.05) is 24.4 Å². The van der Waals surface area contributed by atoms with Gasteiger partial charge in [-0.2, -0.15) is 13.2 Å². The topological polar surface area (TPSA) is 75.3 Å². The number of thiazole rings is 1. The molecular weight excluding hydrogens is 367 g/mol. The normalized spacial score (nSPS) is 12.7. The summed E-state index contributed by atoms with van der Waals surface area (Å²) in [5.74, 6) is 1.48. The second-order valence-corrected chi connectivity index (χ2v) is 6.58. The van der Waals surface area contributed by atoms with Crippen molar-refractivity contribution in [1.29, 1.82) is 0 Å². The number of hydrogen-bond acceptors (Lipinski definition) is 5. The van der Waals surface area contributed by atoms with E-state index in [9.17, 15) is 13.2 Å². The minimum absolute atomic E-state index is 0.149. The molecule has 0 fully saturated rings. The zero-order chi connectivity index (χ0) is 19.2. The van der Waals surface area contributed by atoms with Crippen LogP contribution in [0.15, 0.2) is 21.0 Å². The van der Waals surface area contributed by atoms with Gasteiger partial charge < -0.3 is 15.2 Å². The largest absolute Gasteiger partial charge is 0.434 e. The first-order valence-electron chi connectivity index (χ1n) is 8.28. The summed E-state index contributed by atoms with van der Waals surface area (Å²) in [4.78, 5) is 7.60. The van der Waals surface area contributed by atoms with E-state index in [2.05, 4.69) is 39.6 Å². The average Bonchev–Trinajstić information content (AvgIpc) is 3.25. The van der Waals surface area contributed by atoms with Crippen molar-refractivity contribution >= 4 is 17.3 Å². The van der Waals surface area contributed by atoms with E-state index < -0.39 is 11.9 Å². The van der Waals surface area contributed by atoms with Gasteiger partial charge >= 0.3 is 6.18 Å². The summed E-state index contributed by atoms with van der Waals surface area (Å²) in [7, 11) is 1.58. The van der Waals surface area contributed by atoms with Gasteiger partial charge in [0.2, 0.25) is 0 Å². The number of hydrogen-bond donors (Lipinski definition) is 2. The van der Waals surface area contributed by atoms with Crippen molar-refractivity contribution < 1.29 is 17.7 Å². The van der Waals surface area contributed by atoms with E-state index in [0.717, 1.165) is 35.3 Å². The molecule has 144 valence electrons. The number of alkyl halides is 3. The van der Waals surface area contributed by atoms with Crippen molar-refractivity contribution in [2.75, 3.05) is 7.05 Å². The summed E-state index contributed by atoms with van der Waals surface area (Å²) < 4.78 is 43.0. The van der Waals surface area contributed by atoms with Crippen LogP contribution >= 0.6 is 11.3 Å². The predicted octanol–water partition coefficient (Wildman–Crippen LogP) is 3.92. The Labute approximate surface area is 153 Å². The number of aliphatic imine (C=N–C) groups is 1. The molecule has 0 aliphatic rings. The zero-order valence-corrected chi connectivity index (χ0v) is 15.7. The fraction of sp³-hybridized carbons (Fsp3) is 0.562. The van der Waals surface area contributed by atoms with Crippen LogP contribution in [0.5, 0.6) is 0 Å². The lowest BCUT2D eigenvalue weighted by molar-refractivity contribution is -0.140. The Kier molecular flexibility index (Phi) is 7.01. The molecule has 2 aromatic heterocycles. The number of aromatic nitrogens is 2. The molecule has 6 nitrogen and oxygen atoms in total. The first-order valence-corrected chi connectivity index (χ1v) is 9.16. The van der Waals surface area contributed by atoms with Gasteiger partial charge in [-0.05, 0) is 12.8 Å². The molecule has 0 bridgehead atoms. The smallest absolute Gasteiger partial charge is 0.359 e. The number of guanidine groups is 1. The van der Waals surface area contributed by atoms with Crippen LogP contribution in [0.25, 0.3) is 0 Å². The van der Waals surface area contributed by atoms with E-state index >= 15 is 0 Å². The van der Waals surface area contributed by atoms with Gasteiger partial charge in [0.1, 0.15) is 5.01 Å². The van der Waals surface area contributed by atoms with Gasteiger partial charge in [-0.3, -0.25) is 4.99 Å². The van der Waals surface area contributed by atoms with Crippen LogP contribution in [0.4, 0.5) is 13.2 Å². The molecule has 10 heteroatoms. The van der Waals surface area contributed by atoms with Crippen LogP contribution in [-0.4, -0.2) is 23.1 Å². The maximum atomic E-state index is 12.6. The highest BCUT2D eigenvalue weighted by molar-refractivity contribution is 7.09. The highest BCUT2D eigenvalue weighted by Crippen LogP contribution is 2.29. The highest BCUT2D eigenvalue weighted by atomic mass is 32.1. The minimum atomic E-state index is -4.42. The maximum absolute atomic E-state index is 12.6. The van der Waals surface area contributed by atoms with Gasteiger partial charge in [0.15, 0.2) is 17.4 Å². The third-order valence-corrected chi connectivity index (χ3v) is 4.73. The van der Waals surface area contributed by atoms with Gasteiger partial charge in [-0.25, -0.2) is 4.98 Å². The average molecular weight is 389 g/mol. The number of nitrogens with zero attached hydrogens (tertiary/aromatic N) is 3. The van der Waals surface area contributed by atoms with E-state index in [4.69, 9.17) is 4.52 Å². The number of nitrogens with one attached hydrogen (secondary N) is 2. The Morgan fingerprint density at radius 2 is 1.96 bits per heavy atom. The Bertz CT molecular complexity index is 722. The summed E-state index contributed by atoms with van der Waals surface area (Å²) in [5.41, 5.74) is 0.0510. The molecule has 0 amide bonds. The molecule has 0 aromatic carbocycles. The summed E-state index contributed by atoms with van der Waals surface area (Å²) in [6.07, 6.45) is -2.44. The number of halogens is 3. The van der Waals surface area contributed by atoms with Crippen LogP contribution in [0.2, 0.25) is 0 Å². The molecule has 0 saturated heterocycles. The van der Waals surface area contributed by atoms with Crippen molar-refractivity contribution in [2.45, 2.75) is 51.9 Å². The molecule has 0 spiro atoms. The van der Waals surface area contributed by atoms with Gasteiger partial charge in [-0.15, -0.1) is 11.3 Å². The molecule has 0 unspecified atom stereocenters. The monoisotopic (exact) mass is 389 g/mol.